The van der Waals surface area contributed by atoms with Gasteiger partial charge in [-0.05, 0) is 61.3 Å². The van der Waals surface area contributed by atoms with E-state index in [1.165, 1.54) is 18.9 Å². The third kappa shape index (κ3) is 4.36. The van der Waals surface area contributed by atoms with Gasteiger partial charge in [-0.2, -0.15) is 9.97 Å². The molecule has 2 fully saturated rings. The van der Waals surface area contributed by atoms with E-state index in [4.69, 9.17) is 11.6 Å². The average Bonchev–Trinajstić information content (AvgIpc) is 3.41. The Morgan fingerprint density at radius 3 is 2.58 bits per heavy atom. The van der Waals surface area contributed by atoms with Gasteiger partial charge in [0.25, 0.3) is 0 Å². The molecule has 0 atom stereocenters. The summed E-state index contributed by atoms with van der Waals surface area (Å²) in [6.07, 6.45) is 9.01. The lowest BCUT2D eigenvalue weighted by Gasteiger charge is -2.32. The first-order valence-electron chi connectivity index (χ1n) is 10.9. The molecule has 3 heterocycles. The van der Waals surface area contributed by atoms with Crippen LogP contribution in [0.4, 0.5) is 14.6 Å². The van der Waals surface area contributed by atoms with Crippen LogP contribution < -0.4 is 5.43 Å². The van der Waals surface area contributed by atoms with Crippen LogP contribution in [-0.2, 0) is 6.42 Å². The van der Waals surface area contributed by atoms with Crippen LogP contribution in [0.5, 0.6) is 0 Å². The minimum Gasteiger partial charge on any atom is -0.312 e. The van der Waals surface area contributed by atoms with E-state index in [-0.39, 0.29) is 5.28 Å². The lowest BCUT2D eigenvalue weighted by atomic mass is 9.90. The summed E-state index contributed by atoms with van der Waals surface area (Å²) < 4.78 is 29.2. The van der Waals surface area contributed by atoms with E-state index in [2.05, 4.69) is 30.0 Å². The van der Waals surface area contributed by atoms with Gasteiger partial charge in [-0.3, -0.25) is 0 Å². The first-order valence-corrected chi connectivity index (χ1v) is 11.3. The van der Waals surface area contributed by atoms with E-state index in [1.54, 1.807) is 6.07 Å². The van der Waals surface area contributed by atoms with Gasteiger partial charge in [0.15, 0.2) is 17.0 Å². The zero-order valence-corrected chi connectivity index (χ0v) is 18.0. The maximum absolute atomic E-state index is 14.0. The van der Waals surface area contributed by atoms with E-state index in [0.717, 1.165) is 56.0 Å². The molecule has 0 spiro atoms. The van der Waals surface area contributed by atoms with E-state index in [9.17, 15) is 8.78 Å². The zero-order valence-electron chi connectivity index (χ0n) is 17.2. The number of nitrogens with one attached hydrogen (secondary N) is 1. The van der Waals surface area contributed by atoms with Crippen molar-refractivity contribution in [3.63, 3.8) is 0 Å². The van der Waals surface area contributed by atoms with Crippen molar-refractivity contribution < 1.29 is 8.78 Å². The van der Waals surface area contributed by atoms with E-state index in [0.29, 0.717) is 29.8 Å². The quantitative estimate of drug-likeness (QED) is 0.549. The Labute approximate surface area is 184 Å². The molecule has 0 unspecified atom stereocenters. The van der Waals surface area contributed by atoms with Crippen LogP contribution in [-0.4, -0.2) is 37.6 Å². The predicted octanol–water partition coefficient (Wildman–Crippen LogP) is 5.15. The Morgan fingerprint density at radius 2 is 1.84 bits per heavy atom. The minimum absolute atomic E-state index is 0.205. The normalized spacial score (nSPS) is 18.8. The van der Waals surface area contributed by atoms with Crippen molar-refractivity contribution in [3.8, 4) is 0 Å². The second-order valence-corrected chi connectivity index (χ2v) is 8.92. The number of halogens is 3. The van der Waals surface area contributed by atoms with Crippen molar-refractivity contribution >= 4 is 28.6 Å². The lowest BCUT2D eigenvalue weighted by molar-refractivity contribution is 0.215. The molecular weight excluding hydrogens is 422 g/mol. The SMILES string of the molecule is Fc1ccc(CC2CCN(Nc3nc(Cl)nc4c3ncn4C3CCCC3)CC2)c(F)c1. The van der Waals surface area contributed by atoms with E-state index >= 15 is 0 Å². The molecule has 164 valence electrons. The molecule has 1 aliphatic heterocycles. The van der Waals surface area contributed by atoms with Gasteiger partial charge < -0.3 is 9.99 Å². The Kier molecular flexibility index (Phi) is 5.75. The second-order valence-electron chi connectivity index (χ2n) is 8.59. The van der Waals surface area contributed by atoms with Crippen LogP contribution in [0.2, 0.25) is 5.28 Å². The average molecular weight is 447 g/mol. The summed E-state index contributed by atoms with van der Waals surface area (Å²) in [5.41, 5.74) is 5.45. The first-order chi connectivity index (χ1) is 15.1. The molecule has 9 heteroatoms. The van der Waals surface area contributed by atoms with Crippen LogP contribution in [0.1, 0.15) is 50.1 Å². The number of benzene rings is 1. The Bertz CT molecular complexity index is 1070. The number of piperidine rings is 1. The van der Waals surface area contributed by atoms with Crippen molar-refractivity contribution in [1.29, 1.82) is 0 Å². The number of hydrazine groups is 1. The fourth-order valence-corrected chi connectivity index (χ4v) is 4.98. The van der Waals surface area contributed by atoms with Crippen LogP contribution in [0.3, 0.4) is 0 Å². The smallest absolute Gasteiger partial charge is 0.226 e. The molecule has 6 nitrogen and oxygen atoms in total. The van der Waals surface area contributed by atoms with Crippen molar-refractivity contribution in [2.45, 2.75) is 51.0 Å². The fraction of sp³-hybridized carbons (Fsp3) is 0.500. The van der Waals surface area contributed by atoms with E-state index in [1.807, 2.05) is 6.33 Å². The second kappa shape index (κ2) is 8.67. The molecule has 1 N–H and O–H groups in total. The maximum Gasteiger partial charge on any atom is 0.226 e. The highest BCUT2D eigenvalue weighted by Crippen LogP contribution is 2.33. The summed E-state index contributed by atoms with van der Waals surface area (Å²) in [5, 5.41) is 2.31. The third-order valence-electron chi connectivity index (χ3n) is 6.51. The predicted molar refractivity (Wildman–Crippen MR) is 116 cm³/mol. The summed E-state index contributed by atoms with van der Waals surface area (Å²) in [6, 6.07) is 4.26. The monoisotopic (exact) mass is 446 g/mol. The lowest BCUT2D eigenvalue weighted by Crippen LogP contribution is -2.38. The molecule has 1 aromatic carbocycles. The Balaban J connectivity index is 1.26. The van der Waals surface area contributed by atoms with Crippen molar-refractivity contribution in [2.75, 3.05) is 18.5 Å². The summed E-state index contributed by atoms with van der Waals surface area (Å²) >= 11 is 6.23. The maximum atomic E-state index is 14.0. The molecule has 1 aliphatic carbocycles. The van der Waals surface area contributed by atoms with Crippen LogP contribution in [0.25, 0.3) is 11.2 Å². The van der Waals surface area contributed by atoms with Gasteiger partial charge in [0.2, 0.25) is 5.28 Å². The highest BCUT2D eigenvalue weighted by atomic mass is 35.5. The number of rotatable bonds is 5. The number of fused-ring (bicyclic) bond motifs is 1. The standard InChI is InChI=1S/C22H25ClF2N6/c23-22-27-20(19-21(28-22)31(13-26-19)17-3-1-2-4-17)29-30-9-7-14(8-10-30)11-15-5-6-16(24)12-18(15)25/h5-6,12-14,17H,1-4,7-11H2,(H,27,28,29). The van der Waals surface area contributed by atoms with Crippen LogP contribution in [0.15, 0.2) is 24.5 Å². The molecule has 0 radical (unpaired) electrons. The molecular formula is C22H25ClF2N6. The van der Waals surface area contributed by atoms with Gasteiger partial charge in [0, 0.05) is 25.2 Å². The van der Waals surface area contributed by atoms with Gasteiger partial charge in [0.1, 0.15) is 11.6 Å². The van der Waals surface area contributed by atoms with Crippen LogP contribution in [0, 0.1) is 17.6 Å². The number of anilines is 1. The number of hydrogen-bond acceptors (Lipinski definition) is 5. The number of nitrogens with zero attached hydrogens (tertiary/aromatic N) is 5. The molecule has 0 amide bonds. The first kappa shape index (κ1) is 20.6. The molecule has 2 aliphatic rings. The fourth-order valence-electron chi connectivity index (χ4n) is 4.81. The molecule has 1 saturated carbocycles. The third-order valence-corrected chi connectivity index (χ3v) is 6.68. The van der Waals surface area contributed by atoms with Gasteiger partial charge in [-0.15, -0.1) is 0 Å². The summed E-state index contributed by atoms with van der Waals surface area (Å²) in [7, 11) is 0. The number of imidazole rings is 1. The Morgan fingerprint density at radius 1 is 1.06 bits per heavy atom. The number of hydrogen-bond donors (Lipinski definition) is 1. The molecule has 31 heavy (non-hydrogen) atoms. The largest absolute Gasteiger partial charge is 0.312 e. The van der Waals surface area contributed by atoms with Gasteiger partial charge in [-0.25, -0.2) is 18.8 Å². The minimum atomic E-state index is -0.537. The highest BCUT2D eigenvalue weighted by molar-refractivity contribution is 6.28. The van der Waals surface area contributed by atoms with Crippen LogP contribution >= 0.6 is 11.6 Å². The molecule has 2 aromatic heterocycles. The highest BCUT2D eigenvalue weighted by Gasteiger charge is 2.24. The Hall–Kier alpha value is -2.32. The molecule has 1 saturated heterocycles. The van der Waals surface area contributed by atoms with Gasteiger partial charge >= 0.3 is 0 Å². The van der Waals surface area contributed by atoms with Gasteiger partial charge in [0.05, 0.1) is 6.33 Å². The topological polar surface area (TPSA) is 58.9 Å². The summed E-state index contributed by atoms with van der Waals surface area (Å²) in [6.45, 7) is 1.58. The van der Waals surface area contributed by atoms with E-state index < -0.39 is 11.6 Å². The summed E-state index contributed by atoms with van der Waals surface area (Å²) in [5.74, 6) is -0.0229. The summed E-state index contributed by atoms with van der Waals surface area (Å²) in [4.78, 5) is 13.4. The van der Waals surface area contributed by atoms with Crippen molar-refractivity contribution in [2.24, 2.45) is 5.92 Å². The van der Waals surface area contributed by atoms with Crippen molar-refractivity contribution in [3.05, 3.63) is 47.0 Å². The van der Waals surface area contributed by atoms with Gasteiger partial charge in [-0.1, -0.05) is 18.9 Å². The zero-order chi connectivity index (χ0) is 21.4. The van der Waals surface area contributed by atoms with Crippen molar-refractivity contribution in [1.82, 2.24) is 24.5 Å². The molecule has 5 rings (SSSR count). The molecule has 0 bridgehead atoms. The molecule has 3 aromatic rings. The number of aromatic nitrogens is 4.